The Kier molecular flexibility index (Phi) is 9.64. The lowest BCUT2D eigenvalue weighted by molar-refractivity contribution is -0.0504. The van der Waals surface area contributed by atoms with Crippen LogP contribution in [0, 0.1) is 0 Å². The van der Waals surface area contributed by atoms with Crippen LogP contribution < -0.4 is 10.1 Å². The highest BCUT2D eigenvalue weighted by atomic mass is 127. The van der Waals surface area contributed by atoms with Crippen LogP contribution in [0.3, 0.4) is 0 Å². The number of likely N-dealkylation sites (tertiary alicyclic amines) is 1. The van der Waals surface area contributed by atoms with Gasteiger partial charge in [0.1, 0.15) is 5.75 Å². The summed E-state index contributed by atoms with van der Waals surface area (Å²) in [6.07, 6.45) is 1.08. The van der Waals surface area contributed by atoms with E-state index in [1.54, 1.807) is 25.2 Å². The molecule has 0 spiro atoms. The number of benzene rings is 1. The van der Waals surface area contributed by atoms with Crippen LogP contribution >= 0.6 is 39.9 Å². The van der Waals surface area contributed by atoms with Crippen molar-refractivity contribution < 1.29 is 18.3 Å². The Labute approximate surface area is 189 Å². The van der Waals surface area contributed by atoms with Gasteiger partial charge in [0.2, 0.25) is 0 Å². The predicted octanol–water partition coefficient (Wildman–Crippen LogP) is 3.15. The maximum Gasteiger partial charge on any atom is 0.387 e. The molecule has 28 heavy (non-hydrogen) atoms. The molecule has 2 aliphatic heterocycles. The van der Waals surface area contributed by atoms with Crippen molar-refractivity contribution in [2.24, 2.45) is 4.99 Å². The van der Waals surface area contributed by atoms with E-state index in [4.69, 9.17) is 4.74 Å². The normalized spacial score (nSPS) is 21.0. The Balaban J connectivity index is 0.00000280. The van der Waals surface area contributed by atoms with Crippen molar-refractivity contribution in [2.45, 2.75) is 25.6 Å². The number of hydrogen-bond acceptors (Lipinski definition) is 4. The molecule has 6 nitrogen and oxygen atoms in total. The summed E-state index contributed by atoms with van der Waals surface area (Å²) in [4.78, 5) is 9.05. The molecule has 2 aliphatic rings. The number of morpholine rings is 1. The van der Waals surface area contributed by atoms with E-state index < -0.39 is 6.61 Å². The molecule has 2 fully saturated rings. The lowest BCUT2D eigenvalue weighted by Crippen LogP contribution is -2.46. The first-order chi connectivity index (χ1) is 13.1. The van der Waals surface area contributed by atoms with Crippen LogP contribution in [0.4, 0.5) is 8.78 Å². The molecule has 1 atom stereocenters. The Morgan fingerprint density at radius 2 is 2.11 bits per heavy atom. The van der Waals surface area contributed by atoms with Crippen molar-refractivity contribution in [1.82, 2.24) is 15.1 Å². The van der Waals surface area contributed by atoms with E-state index in [1.165, 1.54) is 0 Å². The highest BCUT2D eigenvalue weighted by molar-refractivity contribution is 14.0. The van der Waals surface area contributed by atoms with Gasteiger partial charge in [-0.25, -0.2) is 0 Å². The summed E-state index contributed by atoms with van der Waals surface area (Å²) in [5, 5.41) is 3.28. The lowest BCUT2D eigenvalue weighted by Gasteiger charge is -2.32. The summed E-state index contributed by atoms with van der Waals surface area (Å²) in [6.45, 7) is 2.84. The maximum atomic E-state index is 12.6. The quantitative estimate of drug-likeness (QED) is 0.333. The Hall–Kier alpha value is -0.720. The molecule has 1 aromatic rings. The van der Waals surface area contributed by atoms with Crippen molar-refractivity contribution in [3.63, 3.8) is 0 Å². The molecule has 2 saturated heterocycles. The zero-order valence-electron chi connectivity index (χ0n) is 15.7. The van der Waals surface area contributed by atoms with Crippen molar-refractivity contribution in [1.29, 1.82) is 0 Å². The number of rotatable bonds is 5. The zero-order chi connectivity index (χ0) is 19.2. The Morgan fingerprint density at radius 3 is 2.79 bits per heavy atom. The number of aliphatic imine (C=N–C) groups is 1. The van der Waals surface area contributed by atoms with Crippen LogP contribution in [0.1, 0.15) is 12.0 Å². The zero-order valence-corrected chi connectivity index (χ0v) is 19.7. The third-order valence-electron chi connectivity index (χ3n) is 4.91. The van der Waals surface area contributed by atoms with Crippen LogP contribution in [0.15, 0.2) is 27.7 Å². The second-order valence-electron chi connectivity index (χ2n) is 6.57. The average Bonchev–Trinajstić information content (AvgIpc) is 3.15. The van der Waals surface area contributed by atoms with Gasteiger partial charge >= 0.3 is 6.61 Å². The maximum absolute atomic E-state index is 12.6. The molecule has 1 unspecified atom stereocenters. The molecular weight excluding hydrogens is 549 g/mol. The number of guanidine groups is 1. The minimum atomic E-state index is -2.85. The molecule has 158 valence electrons. The Bertz CT molecular complexity index is 662. The van der Waals surface area contributed by atoms with E-state index in [-0.39, 0.29) is 29.7 Å². The SMILES string of the molecule is CN=C(NCc1cc(Br)ccc1OC(F)F)N1CCC(N2CCOCC2)C1.I. The topological polar surface area (TPSA) is 49.3 Å². The highest BCUT2D eigenvalue weighted by Crippen LogP contribution is 2.25. The minimum Gasteiger partial charge on any atom is -0.434 e. The van der Waals surface area contributed by atoms with Crippen LogP contribution in [0.2, 0.25) is 0 Å². The summed E-state index contributed by atoms with van der Waals surface area (Å²) < 4.78 is 36.1. The van der Waals surface area contributed by atoms with Gasteiger partial charge in [-0.2, -0.15) is 8.78 Å². The third-order valence-corrected chi connectivity index (χ3v) is 5.41. The summed E-state index contributed by atoms with van der Waals surface area (Å²) in [5.41, 5.74) is 0.648. The van der Waals surface area contributed by atoms with Gasteiger partial charge in [0.05, 0.1) is 13.2 Å². The van der Waals surface area contributed by atoms with Gasteiger partial charge in [-0.05, 0) is 24.6 Å². The molecule has 1 N–H and O–H groups in total. The van der Waals surface area contributed by atoms with Crippen molar-refractivity contribution in [3.05, 3.63) is 28.2 Å². The van der Waals surface area contributed by atoms with Crippen LogP contribution in [0.25, 0.3) is 0 Å². The summed E-state index contributed by atoms with van der Waals surface area (Å²) >= 11 is 3.38. The van der Waals surface area contributed by atoms with E-state index in [2.05, 4.69) is 40.8 Å². The largest absolute Gasteiger partial charge is 0.434 e. The van der Waals surface area contributed by atoms with Gasteiger partial charge in [-0.1, -0.05) is 15.9 Å². The fourth-order valence-electron chi connectivity index (χ4n) is 3.58. The number of ether oxygens (including phenoxy) is 2. The van der Waals surface area contributed by atoms with Crippen LogP contribution in [-0.2, 0) is 11.3 Å². The first-order valence-electron chi connectivity index (χ1n) is 9.07. The third kappa shape index (κ3) is 6.39. The van der Waals surface area contributed by atoms with Gasteiger partial charge in [0.25, 0.3) is 0 Å². The van der Waals surface area contributed by atoms with Crippen molar-refractivity contribution >= 4 is 45.9 Å². The van der Waals surface area contributed by atoms with Gasteiger partial charge in [0.15, 0.2) is 5.96 Å². The number of hydrogen-bond donors (Lipinski definition) is 1. The fourth-order valence-corrected chi connectivity index (χ4v) is 3.99. The molecule has 0 aliphatic carbocycles. The average molecular weight is 575 g/mol. The van der Waals surface area contributed by atoms with Gasteiger partial charge < -0.3 is 19.7 Å². The van der Waals surface area contributed by atoms with Gasteiger partial charge in [-0.3, -0.25) is 9.89 Å². The van der Waals surface area contributed by atoms with Crippen LogP contribution in [0.5, 0.6) is 5.75 Å². The fraction of sp³-hybridized carbons (Fsp3) is 0.611. The molecule has 3 rings (SSSR count). The molecular formula is C18H26BrF2IN4O2. The number of alkyl halides is 2. The number of halogens is 4. The number of nitrogens with one attached hydrogen (secondary N) is 1. The Morgan fingerprint density at radius 1 is 1.36 bits per heavy atom. The molecule has 1 aromatic carbocycles. The molecule has 0 radical (unpaired) electrons. The van der Waals surface area contributed by atoms with Gasteiger partial charge in [0, 0.05) is 55.8 Å². The van der Waals surface area contributed by atoms with Crippen LogP contribution in [-0.4, -0.2) is 74.9 Å². The van der Waals surface area contributed by atoms with Crippen molar-refractivity contribution in [2.75, 3.05) is 46.4 Å². The summed E-state index contributed by atoms with van der Waals surface area (Å²) in [7, 11) is 1.74. The number of nitrogens with zero attached hydrogens (tertiary/aromatic N) is 3. The monoisotopic (exact) mass is 574 g/mol. The first kappa shape index (κ1) is 23.6. The lowest BCUT2D eigenvalue weighted by atomic mass is 10.2. The van der Waals surface area contributed by atoms with E-state index in [1.807, 2.05) is 0 Å². The van der Waals surface area contributed by atoms with Crippen molar-refractivity contribution in [3.8, 4) is 5.75 Å². The van der Waals surface area contributed by atoms with E-state index in [9.17, 15) is 8.78 Å². The molecule has 10 heteroatoms. The smallest absolute Gasteiger partial charge is 0.387 e. The molecule has 0 bridgehead atoms. The second-order valence-corrected chi connectivity index (χ2v) is 7.48. The molecule has 2 heterocycles. The standard InChI is InChI=1S/C18H25BrF2N4O2.HI/c1-22-18(25-5-4-15(12-25)24-6-8-26-9-7-24)23-11-13-10-14(19)2-3-16(13)27-17(20)21;/h2-3,10,15,17H,4-9,11-12H2,1H3,(H,22,23);1H. The van der Waals surface area contributed by atoms with E-state index in [0.717, 1.165) is 56.2 Å². The summed E-state index contributed by atoms with van der Waals surface area (Å²) in [6, 6.07) is 5.50. The predicted molar refractivity (Wildman–Crippen MR) is 119 cm³/mol. The first-order valence-corrected chi connectivity index (χ1v) is 9.86. The molecule has 0 saturated carbocycles. The van der Waals surface area contributed by atoms with E-state index >= 15 is 0 Å². The highest BCUT2D eigenvalue weighted by Gasteiger charge is 2.30. The van der Waals surface area contributed by atoms with Gasteiger partial charge in [-0.15, -0.1) is 24.0 Å². The summed E-state index contributed by atoms with van der Waals surface area (Å²) in [5.74, 6) is 0.942. The minimum absolute atomic E-state index is 0. The second kappa shape index (κ2) is 11.5. The molecule has 0 amide bonds. The molecule has 0 aromatic heterocycles. The van der Waals surface area contributed by atoms with E-state index in [0.29, 0.717) is 18.2 Å².